The molecule has 0 unspecified atom stereocenters. The molecule has 1 aliphatic heterocycles. The highest BCUT2D eigenvalue weighted by Gasteiger charge is 2.25. The molecule has 3 rings (SSSR count). The van der Waals surface area contributed by atoms with Crippen molar-refractivity contribution >= 4 is 11.6 Å². The van der Waals surface area contributed by atoms with Gasteiger partial charge in [0.1, 0.15) is 38.5 Å². The summed E-state index contributed by atoms with van der Waals surface area (Å²) < 4.78 is 23.9. The summed E-state index contributed by atoms with van der Waals surface area (Å²) in [7, 11) is 3.28. The molecule has 7 heteroatoms. The number of halogens is 1. The van der Waals surface area contributed by atoms with Crippen molar-refractivity contribution in [1.82, 2.24) is 0 Å². The second-order valence-electron chi connectivity index (χ2n) is 7.10. The van der Waals surface area contributed by atoms with E-state index in [-0.39, 0.29) is 11.7 Å². The Balaban J connectivity index is 1.46. The predicted octanol–water partition coefficient (Wildman–Crippen LogP) is -0.235. The fourth-order valence-electron chi connectivity index (χ4n) is 3.59. The molecule has 1 fully saturated rings. The number of methoxy groups -OCH3 is 2. The molecule has 0 aliphatic carbocycles. The van der Waals surface area contributed by atoms with Crippen LogP contribution < -0.4 is 24.6 Å². The molecule has 0 radical (unpaired) electrons. The molecule has 6 nitrogen and oxygen atoms in total. The second-order valence-corrected chi connectivity index (χ2v) is 7.10. The molecule has 0 saturated carbocycles. The summed E-state index contributed by atoms with van der Waals surface area (Å²) in [6.07, 6.45) is 0. The number of piperazine rings is 1. The lowest BCUT2D eigenvalue weighted by Crippen LogP contribution is -3.28. The first-order valence-electron chi connectivity index (χ1n) is 9.51. The van der Waals surface area contributed by atoms with Crippen LogP contribution in [0.2, 0.25) is 0 Å². The van der Waals surface area contributed by atoms with E-state index in [4.69, 9.17) is 9.47 Å². The zero-order valence-corrected chi connectivity index (χ0v) is 16.4. The molecule has 1 heterocycles. The highest BCUT2D eigenvalue weighted by atomic mass is 19.1. The maximum Gasteiger partial charge on any atom is 0.279 e. The predicted molar refractivity (Wildman–Crippen MR) is 105 cm³/mol. The van der Waals surface area contributed by atoms with Crippen molar-refractivity contribution in [2.75, 3.05) is 52.3 Å². The molecule has 1 saturated heterocycles. The first-order chi connectivity index (χ1) is 13.6. The molecule has 2 aromatic carbocycles. The van der Waals surface area contributed by atoms with E-state index in [2.05, 4.69) is 11.4 Å². The van der Waals surface area contributed by atoms with Crippen LogP contribution in [0, 0.1) is 5.82 Å². The van der Waals surface area contributed by atoms with Gasteiger partial charge in [-0.2, -0.15) is 0 Å². The van der Waals surface area contributed by atoms with E-state index in [9.17, 15) is 9.18 Å². The Morgan fingerprint density at radius 1 is 1.00 bits per heavy atom. The average Bonchev–Trinajstić information content (AvgIpc) is 2.69. The van der Waals surface area contributed by atoms with Gasteiger partial charge in [0.2, 0.25) is 0 Å². The van der Waals surface area contributed by atoms with E-state index < -0.39 is 0 Å². The van der Waals surface area contributed by atoms with Crippen LogP contribution in [0.1, 0.15) is 5.56 Å². The van der Waals surface area contributed by atoms with E-state index in [0.717, 1.165) is 44.2 Å². The van der Waals surface area contributed by atoms with Crippen LogP contribution in [0.25, 0.3) is 0 Å². The van der Waals surface area contributed by atoms with Crippen molar-refractivity contribution in [2.45, 2.75) is 6.54 Å². The van der Waals surface area contributed by atoms with Crippen molar-refractivity contribution in [3.8, 4) is 11.5 Å². The summed E-state index contributed by atoms with van der Waals surface area (Å²) in [4.78, 5) is 15.0. The monoisotopic (exact) mass is 389 g/mol. The van der Waals surface area contributed by atoms with Gasteiger partial charge in [-0.1, -0.05) is 6.07 Å². The smallest absolute Gasteiger partial charge is 0.279 e. The fraction of sp³-hybridized carbons (Fsp3) is 0.381. The van der Waals surface area contributed by atoms with Crippen LogP contribution in [-0.4, -0.2) is 52.9 Å². The molecule has 2 aromatic rings. The molecule has 0 bridgehead atoms. The standard InChI is InChI=1S/C21H26FN3O3/c1-27-19-7-6-16(12-20(19)28-2)14-24-8-10-25(11-9-24)15-21(26)23-18-5-3-4-17(22)13-18/h3-7,12-13H,8-11,14-15H2,1-2H3,(H,23,26)/p+2. The lowest BCUT2D eigenvalue weighted by atomic mass is 10.1. The summed E-state index contributed by atoms with van der Waals surface area (Å²) in [6, 6.07) is 12.0. The lowest BCUT2D eigenvalue weighted by Gasteiger charge is -2.29. The Labute approximate surface area is 164 Å². The van der Waals surface area contributed by atoms with E-state index in [1.165, 1.54) is 27.5 Å². The maximum atomic E-state index is 13.2. The molecule has 3 N–H and O–H groups in total. The van der Waals surface area contributed by atoms with Crippen LogP contribution >= 0.6 is 0 Å². The number of quaternary nitrogens is 2. The number of amides is 1. The molecule has 150 valence electrons. The fourth-order valence-corrected chi connectivity index (χ4v) is 3.59. The third-order valence-electron chi connectivity index (χ3n) is 5.09. The molecule has 28 heavy (non-hydrogen) atoms. The summed E-state index contributed by atoms with van der Waals surface area (Å²) in [6.45, 7) is 5.18. The van der Waals surface area contributed by atoms with E-state index in [0.29, 0.717) is 12.2 Å². The van der Waals surface area contributed by atoms with E-state index >= 15 is 0 Å². The number of hydrogen-bond acceptors (Lipinski definition) is 3. The number of benzene rings is 2. The van der Waals surface area contributed by atoms with Gasteiger partial charge >= 0.3 is 0 Å². The third kappa shape index (κ3) is 5.43. The second kappa shape index (κ2) is 9.52. The first-order valence-corrected chi connectivity index (χ1v) is 9.51. The molecule has 1 aliphatic rings. The summed E-state index contributed by atoms with van der Waals surface area (Å²) >= 11 is 0. The van der Waals surface area contributed by atoms with Gasteiger partial charge in [0.15, 0.2) is 18.0 Å². The Bertz CT molecular complexity index is 807. The van der Waals surface area contributed by atoms with Crippen molar-refractivity contribution in [3.05, 3.63) is 53.8 Å². The van der Waals surface area contributed by atoms with Crippen LogP contribution in [-0.2, 0) is 11.3 Å². The summed E-state index contributed by atoms with van der Waals surface area (Å²) in [5.41, 5.74) is 1.71. The van der Waals surface area contributed by atoms with Gasteiger partial charge in [-0.15, -0.1) is 0 Å². The largest absolute Gasteiger partial charge is 0.493 e. The number of anilines is 1. The minimum Gasteiger partial charge on any atom is -0.493 e. The van der Waals surface area contributed by atoms with Gasteiger partial charge < -0.3 is 24.6 Å². The van der Waals surface area contributed by atoms with Crippen molar-refractivity contribution in [3.63, 3.8) is 0 Å². The van der Waals surface area contributed by atoms with Gasteiger partial charge in [-0.25, -0.2) is 4.39 Å². The Morgan fingerprint density at radius 3 is 2.39 bits per heavy atom. The Morgan fingerprint density at radius 2 is 1.71 bits per heavy atom. The van der Waals surface area contributed by atoms with Crippen molar-refractivity contribution in [1.29, 1.82) is 0 Å². The third-order valence-corrected chi connectivity index (χ3v) is 5.09. The van der Waals surface area contributed by atoms with Gasteiger partial charge in [-0.3, -0.25) is 4.79 Å². The van der Waals surface area contributed by atoms with Crippen LogP contribution in [0.15, 0.2) is 42.5 Å². The van der Waals surface area contributed by atoms with Crippen LogP contribution in [0.3, 0.4) is 0 Å². The number of carbonyl (C=O) groups excluding carboxylic acids is 1. The number of hydrogen-bond donors (Lipinski definition) is 3. The summed E-state index contributed by atoms with van der Waals surface area (Å²) in [5, 5.41) is 2.77. The molecular weight excluding hydrogens is 361 g/mol. The molecule has 1 amide bonds. The normalized spacial score (nSPS) is 19.1. The van der Waals surface area contributed by atoms with Gasteiger partial charge in [0.05, 0.1) is 14.2 Å². The van der Waals surface area contributed by atoms with E-state index in [1.807, 2.05) is 12.1 Å². The van der Waals surface area contributed by atoms with Gasteiger partial charge in [-0.05, 0) is 36.4 Å². The molecule has 0 atom stereocenters. The Kier molecular flexibility index (Phi) is 6.84. The van der Waals surface area contributed by atoms with Gasteiger partial charge in [0, 0.05) is 11.3 Å². The number of nitrogens with one attached hydrogen (secondary N) is 3. The zero-order chi connectivity index (χ0) is 19.9. The zero-order valence-electron chi connectivity index (χ0n) is 16.4. The highest BCUT2D eigenvalue weighted by molar-refractivity contribution is 5.91. The molecular formula is C21H28FN3O3+2. The first kappa shape index (κ1) is 20.1. The maximum absolute atomic E-state index is 13.2. The highest BCUT2D eigenvalue weighted by Crippen LogP contribution is 2.27. The topological polar surface area (TPSA) is 56.4 Å². The SMILES string of the molecule is COc1ccc(C[NH+]2CC[NH+](CC(=O)Nc3cccc(F)c3)CC2)cc1OC. The summed E-state index contributed by atoms with van der Waals surface area (Å²) in [5.74, 6) is 1.05. The quantitative estimate of drug-likeness (QED) is 0.613. The number of rotatable bonds is 7. The number of carbonyl (C=O) groups is 1. The van der Waals surface area contributed by atoms with Crippen LogP contribution in [0.4, 0.5) is 10.1 Å². The average molecular weight is 389 g/mol. The van der Waals surface area contributed by atoms with E-state index in [1.54, 1.807) is 26.4 Å². The Hall–Kier alpha value is -2.64. The van der Waals surface area contributed by atoms with Crippen molar-refractivity contribution in [2.24, 2.45) is 0 Å². The lowest BCUT2D eigenvalue weighted by molar-refractivity contribution is -1.02. The van der Waals surface area contributed by atoms with Crippen molar-refractivity contribution < 1.29 is 28.5 Å². The minimum absolute atomic E-state index is 0.0797. The molecule has 0 spiro atoms. The van der Waals surface area contributed by atoms with Crippen LogP contribution in [0.5, 0.6) is 11.5 Å². The molecule has 0 aromatic heterocycles. The minimum atomic E-state index is -0.350. The van der Waals surface area contributed by atoms with Gasteiger partial charge in [0.25, 0.3) is 5.91 Å². The number of ether oxygens (including phenoxy) is 2.